The first-order valence-electron chi connectivity index (χ1n) is 15.3. The van der Waals surface area contributed by atoms with E-state index < -0.39 is 29.9 Å². The van der Waals surface area contributed by atoms with Crippen LogP contribution in [0.5, 0.6) is 5.75 Å². The van der Waals surface area contributed by atoms with Gasteiger partial charge in [0.2, 0.25) is 5.91 Å². The maximum Gasteiger partial charge on any atom is 0.409 e. The lowest BCUT2D eigenvalue weighted by atomic mass is 10.0. The minimum atomic E-state index is -1.14. The standard InChI is InChI=1S/C32H37N5O8S/c1-3-44-32(43)36-15-13-35(14-16-36)31(42)24(8-9-29(39)40)34-30(41)25-18-26(22-6-4-5-7-23(22)33-25)45-19-28(38)37-12-10-27-21(20(37)2)11-17-46-27/h4-7,11,17-18,20,24H,3,8-10,12-16,19H2,1-2H3,(H,34,41)(H,39,40). The molecule has 14 heteroatoms. The Bertz CT molecular complexity index is 1620. The highest BCUT2D eigenvalue weighted by Gasteiger charge is 2.32. The highest BCUT2D eigenvalue weighted by atomic mass is 32.1. The molecule has 0 aliphatic carbocycles. The van der Waals surface area contributed by atoms with Crippen molar-refractivity contribution >= 4 is 52.0 Å². The van der Waals surface area contributed by atoms with Crippen molar-refractivity contribution in [2.24, 2.45) is 0 Å². The number of rotatable bonds is 10. The van der Waals surface area contributed by atoms with Crippen LogP contribution in [0.3, 0.4) is 0 Å². The topological polar surface area (TPSA) is 159 Å². The molecule has 4 heterocycles. The molecule has 2 N–H and O–H groups in total. The van der Waals surface area contributed by atoms with Gasteiger partial charge in [0.05, 0.1) is 18.2 Å². The molecule has 0 spiro atoms. The molecular formula is C32H37N5O8S. The fraction of sp³-hybridized carbons (Fsp3) is 0.438. The van der Waals surface area contributed by atoms with Gasteiger partial charge in [0.25, 0.3) is 11.8 Å². The van der Waals surface area contributed by atoms with Crippen molar-refractivity contribution < 1.29 is 38.6 Å². The summed E-state index contributed by atoms with van der Waals surface area (Å²) in [5.41, 5.74) is 1.55. The molecule has 0 radical (unpaired) electrons. The number of carboxylic acids is 1. The monoisotopic (exact) mass is 651 g/mol. The number of hydrogen-bond acceptors (Lipinski definition) is 9. The number of carbonyl (C=O) groups excluding carboxylic acids is 4. The normalized spacial score (nSPS) is 16.8. The largest absolute Gasteiger partial charge is 0.483 e. The van der Waals surface area contributed by atoms with E-state index in [-0.39, 0.29) is 75.6 Å². The van der Waals surface area contributed by atoms with Crippen molar-refractivity contribution in [1.29, 1.82) is 0 Å². The molecule has 1 saturated heterocycles. The maximum atomic E-state index is 13.5. The molecule has 4 amide bonds. The molecule has 1 fully saturated rings. The number of nitrogens with zero attached hydrogens (tertiary/aromatic N) is 4. The summed E-state index contributed by atoms with van der Waals surface area (Å²) >= 11 is 1.69. The van der Waals surface area contributed by atoms with Gasteiger partial charge in [-0.15, -0.1) is 11.3 Å². The van der Waals surface area contributed by atoms with Gasteiger partial charge < -0.3 is 34.6 Å². The van der Waals surface area contributed by atoms with Crippen molar-refractivity contribution in [3.63, 3.8) is 0 Å². The van der Waals surface area contributed by atoms with Gasteiger partial charge >= 0.3 is 12.1 Å². The number of amides is 4. The summed E-state index contributed by atoms with van der Waals surface area (Å²) in [5, 5.41) is 14.6. The second-order valence-corrected chi connectivity index (χ2v) is 12.1. The first-order chi connectivity index (χ1) is 22.2. The lowest BCUT2D eigenvalue weighted by molar-refractivity contribution is -0.138. The molecule has 13 nitrogen and oxygen atoms in total. The molecule has 3 aromatic rings. The second kappa shape index (κ2) is 14.6. The van der Waals surface area contributed by atoms with E-state index in [2.05, 4.69) is 10.3 Å². The molecule has 2 aromatic heterocycles. The van der Waals surface area contributed by atoms with E-state index >= 15 is 0 Å². The fourth-order valence-electron chi connectivity index (χ4n) is 5.75. The number of ether oxygens (including phenoxy) is 2. The Kier molecular flexibility index (Phi) is 10.4. The van der Waals surface area contributed by atoms with Gasteiger partial charge in [-0.05, 0) is 55.8 Å². The van der Waals surface area contributed by atoms with Gasteiger partial charge in [-0.25, -0.2) is 9.78 Å². The lowest BCUT2D eigenvalue weighted by Crippen LogP contribution is -2.56. The number of piperazine rings is 1. The number of fused-ring (bicyclic) bond motifs is 2. The van der Waals surface area contributed by atoms with E-state index in [0.717, 1.165) is 12.0 Å². The number of benzene rings is 1. The van der Waals surface area contributed by atoms with Crippen LogP contribution in [0.25, 0.3) is 10.9 Å². The van der Waals surface area contributed by atoms with Crippen molar-refractivity contribution in [1.82, 2.24) is 25.0 Å². The predicted octanol–water partition coefficient (Wildman–Crippen LogP) is 3.08. The highest BCUT2D eigenvalue weighted by molar-refractivity contribution is 7.10. The third-order valence-electron chi connectivity index (χ3n) is 8.23. The van der Waals surface area contributed by atoms with Gasteiger partial charge in [0, 0.05) is 55.5 Å². The SMILES string of the molecule is CCOC(=O)N1CCN(C(=O)C(CCC(=O)O)NC(=O)c2cc(OCC(=O)N3CCc4sccc4C3C)c3ccccc3n2)CC1. The number of carbonyl (C=O) groups is 5. The smallest absolute Gasteiger partial charge is 0.409 e. The molecule has 0 bridgehead atoms. The van der Waals surface area contributed by atoms with Crippen LogP contribution in [-0.2, 0) is 25.5 Å². The van der Waals surface area contributed by atoms with Gasteiger partial charge in [-0.2, -0.15) is 0 Å². The van der Waals surface area contributed by atoms with E-state index in [9.17, 15) is 29.1 Å². The quantitative estimate of drug-likeness (QED) is 0.336. The number of para-hydroxylation sites is 1. The third-order valence-corrected chi connectivity index (χ3v) is 9.22. The van der Waals surface area contributed by atoms with Gasteiger partial charge in [-0.3, -0.25) is 19.2 Å². The van der Waals surface area contributed by atoms with Crippen LogP contribution >= 0.6 is 11.3 Å². The van der Waals surface area contributed by atoms with Crippen molar-refractivity contribution in [3.05, 3.63) is 57.9 Å². The molecule has 244 valence electrons. The Hall–Kier alpha value is -4.72. The van der Waals surface area contributed by atoms with E-state index in [1.54, 1.807) is 47.4 Å². The highest BCUT2D eigenvalue weighted by Crippen LogP contribution is 2.33. The number of thiophene rings is 1. The Balaban J connectivity index is 1.29. The summed E-state index contributed by atoms with van der Waals surface area (Å²) in [4.78, 5) is 74.2. The fourth-order valence-corrected chi connectivity index (χ4v) is 6.72. The van der Waals surface area contributed by atoms with Gasteiger partial charge in [-0.1, -0.05) is 12.1 Å². The van der Waals surface area contributed by atoms with Gasteiger partial charge in [0.15, 0.2) is 6.61 Å². The lowest BCUT2D eigenvalue weighted by Gasteiger charge is -2.35. The van der Waals surface area contributed by atoms with Crippen molar-refractivity contribution in [3.8, 4) is 5.75 Å². The molecule has 0 saturated carbocycles. The minimum absolute atomic E-state index is 0.0457. The number of carboxylic acid groups (broad SMARTS) is 1. The third kappa shape index (κ3) is 7.39. The molecule has 2 aliphatic rings. The molecule has 2 unspecified atom stereocenters. The summed E-state index contributed by atoms with van der Waals surface area (Å²) in [7, 11) is 0. The van der Waals surface area contributed by atoms with Crippen LogP contribution < -0.4 is 10.1 Å². The summed E-state index contributed by atoms with van der Waals surface area (Å²) in [5.74, 6) is -2.15. The van der Waals surface area contributed by atoms with Gasteiger partial charge in [0.1, 0.15) is 17.5 Å². The van der Waals surface area contributed by atoms with E-state index in [1.807, 2.05) is 18.4 Å². The zero-order valence-electron chi connectivity index (χ0n) is 25.8. The molecule has 46 heavy (non-hydrogen) atoms. The molecule has 2 atom stereocenters. The number of hydrogen-bond donors (Lipinski definition) is 2. The summed E-state index contributed by atoms with van der Waals surface area (Å²) in [6.07, 6.45) is -0.157. The molecule has 5 rings (SSSR count). The van der Waals surface area contributed by atoms with Crippen LogP contribution in [0.1, 0.15) is 53.7 Å². The molecular weight excluding hydrogens is 614 g/mol. The van der Waals surface area contributed by atoms with E-state index in [4.69, 9.17) is 9.47 Å². The first-order valence-corrected chi connectivity index (χ1v) is 16.2. The zero-order chi connectivity index (χ0) is 32.8. The van der Waals surface area contributed by atoms with Crippen LogP contribution in [0, 0.1) is 0 Å². The second-order valence-electron chi connectivity index (χ2n) is 11.1. The summed E-state index contributed by atoms with van der Waals surface area (Å²) in [6.45, 7) is 5.21. The molecule has 1 aromatic carbocycles. The predicted molar refractivity (Wildman–Crippen MR) is 169 cm³/mol. The number of aliphatic carboxylic acids is 1. The maximum absolute atomic E-state index is 13.5. The Morgan fingerprint density at radius 2 is 1.80 bits per heavy atom. The zero-order valence-corrected chi connectivity index (χ0v) is 26.6. The van der Waals surface area contributed by atoms with Crippen LogP contribution in [-0.4, -0.2) is 107 Å². The number of aromatic nitrogens is 1. The average Bonchev–Trinajstić information content (AvgIpc) is 3.55. The number of nitrogens with one attached hydrogen (secondary N) is 1. The molecule has 2 aliphatic heterocycles. The minimum Gasteiger partial charge on any atom is -0.483 e. The Morgan fingerprint density at radius 1 is 1.07 bits per heavy atom. The van der Waals surface area contributed by atoms with Crippen LogP contribution in [0.2, 0.25) is 0 Å². The average molecular weight is 652 g/mol. The van der Waals surface area contributed by atoms with Crippen molar-refractivity contribution in [2.75, 3.05) is 45.9 Å². The number of pyridine rings is 1. The van der Waals surface area contributed by atoms with E-state index in [1.165, 1.54) is 20.7 Å². The van der Waals surface area contributed by atoms with Crippen LogP contribution in [0.4, 0.5) is 4.79 Å². The summed E-state index contributed by atoms with van der Waals surface area (Å²) < 4.78 is 11.0. The Morgan fingerprint density at radius 3 is 2.54 bits per heavy atom. The first kappa shape index (κ1) is 32.7. The van der Waals surface area contributed by atoms with Crippen LogP contribution in [0.15, 0.2) is 41.8 Å². The van der Waals surface area contributed by atoms with E-state index in [0.29, 0.717) is 17.4 Å². The van der Waals surface area contributed by atoms with Crippen molar-refractivity contribution in [2.45, 2.75) is 45.2 Å². The Labute approximate surface area is 270 Å². The summed E-state index contributed by atoms with van der Waals surface area (Å²) in [6, 6.07) is 9.31.